The van der Waals surface area contributed by atoms with Crippen LogP contribution in [0.2, 0.25) is 0 Å². The number of carbonyl (C=O) groups excluding carboxylic acids is 1. The molecule has 112 valence electrons. The number of carboxylic acids is 1. The van der Waals surface area contributed by atoms with Gasteiger partial charge in [-0.05, 0) is 12.1 Å². The van der Waals surface area contributed by atoms with Crippen LogP contribution in [0.1, 0.15) is 16.8 Å². The number of benzene rings is 1. The van der Waals surface area contributed by atoms with Crippen molar-refractivity contribution >= 4 is 11.9 Å². The smallest absolute Gasteiger partial charge is 0.306 e. The van der Waals surface area contributed by atoms with Gasteiger partial charge in [0.2, 0.25) is 6.79 Å². The number of para-hydroxylation sites is 1. The van der Waals surface area contributed by atoms with Crippen LogP contribution >= 0.6 is 0 Å². The van der Waals surface area contributed by atoms with Gasteiger partial charge in [0.15, 0.2) is 11.5 Å². The Morgan fingerprint density at radius 1 is 1.33 bits per heavy atom. The second-order valence-electron chi connectivity index (χ2n) is 4.88. The van der Waals surface area contributed by atoms with Gasteiger partial charge in [-0.15, -0.1) is 0 Å². The van der Waals surface area contributed by atoms with Gasteiger partial charge in [-0.2, -0.15) is 0 Å². The van der Waals surface area contributed by atoms with Gasteiger partial charge >= 0.3 is 5.97 Å². The lowest BCUT2D eigenvalue weighted by Crippen LogP contribution is -2.46. The minimum Gasteiger partial charge on any atom is -0.481 e. The van der Waals surface area contributed by atoms with Crippen LogP contribution in [0.4, 0.5) is 0 Å². The standard InChI is InChI=1S/C14H15NO6/c16-12(17)6-9-7-15(4-5-19-9)14(18)10-2-1-3-11-13(10)21-8-20-11/h1-3,9H,4-8H2,(H,16,17)/t9-/m0/s1. The molecular weight excluding hydrogens is 278 g/mol. The average Bonchev–Trinajstić information content (AvgIpc) is 2.94. The third-order valence-electron chi connectivity index (χ3n) is 3.46. The Bertz CT molecular complexity index is 573. The molecule has 1 atom stereocenters. The molecule has 1 aromatic carbocycles. The Kier molecular flexibility index (Phi) is 3.66. The predicted octanol–water partition coefficient (Wildman–Crippen LogP) is 0.731. The Balaban J connectivity index is 1.76. The first-order chi connectivity index (χ1) is 10.1. The maximum atomic E-state index is 12.6. The summed E-state index contributed by atoms with van der Waals surface area (Å²) in [5.41, 5.74) is 0.431. The maximum Gasteiger partial charge on any atom is 0.306 e. The highest BCUT2D eigenvalue weighted by Gasteiger charge is 2.30. The molecule has 0 aliphatic carbocycles. The number of amides is 1. The van der Waals surface area contributed by atoms with Crippen molar-refractivity contribution in [1.82, 2.24) is 4.90 Å². The Morgan fingerprint density at radius 2 is 2.19 bits per heavy atom. The molecule has 3 rings (SSSR count). The van der Waals surface area contributed by atoms with Gasteiger partial charge in [0.25, 0.3) is 5.91 Å². The van der Waals surface area contributed by atoms with Crippen molar-refractivity contribution in [2.24, 2.45) is 0 Å². The number of hydrogen-bond donors (Lipinski definition) is 1. The first-order valence-electron chi connectivity index (χ1n) is 6.66. The lowest BCUT2D eigenvalue weighted by atomic mass is 10.1. The molecule has 21 heavy (non-hydrogen) atoms. The number of hydrogen-bond acceptors (Lipinski definition) is 5. The Hall–Kier alpha value is -2.28. The highest BCUT2D eigenvalue weighted by Crippen LogP contribution is 2.36. The van der Waals surface area contributed by atoms with E-state index in [1.54, 1.807) is 23.1 Å². The minimum absolute atomic E-state index is 0.102. The van der Waals surface area contributed by atoms with Gasteiger partial charge in [0.05, 0.1) is 24.7 Å². The average molecular weight is 293 g/mol. The predicted molar refractivity (Wildman–Crippen MR) is 70.5 cm³/mol. The molecule has 0 unspecified atom stereocenters. The van der Waals surface area contributed by atoms with Gasteiger partial charge in [0.1, 0.15) is 0 Å². The van der Waals surface area contributed by atoms with Gasteiger partial charge in [-0.25, -0.2) is 0 Å². The van der Waals surface area contributed by atoms with Crippen molar-refractivity contribution in [3.05, 3.63) is 23.8 Å². The molecule has 1 saturated heterocycles. The molecule has 2 heterocycles. The highest BCUT2D eigenvalue weighted by molar-refractivity contribution is 5.98. The molecule has 0 bridgehead atoms. The van der Waals surface area contributed by atoms with E-state index in [1.165, 1.54) is 0 Å². The molecule has 2 aliphatic rings. The van der Waals surface area contributed by atoms with E-state index in [-0.39, 0.29) is 25.7 Å². The Labute approximate surface area is 121 Å². The molecule has 2 aliphatic heterocycles. The molecule has 1 fully saturated rings. The van der Waals surface area contributed by atoms with Crippen LogP contribution < -0.4 is 9.47 Å². The summed E-state index contributed by atoms with van der Waals surface area (Å²) in [5, 5.41) is 8.81. The van der Waals surface area contributed by atoms with Gasteiger partial charge in [0, 0.05) is 13.1 Å². The largest absolute Gasteiger partial charge is 0.481 e. The van der Waals surface area contributed by atoms with Gasteiger partial charge < -0.3 is 24.2 Å². The molecule has 0 radical (unpaired) electrons. The molecule has 7 heteroatoms. The Morgan fingerprint density at radius 3 is 3.00 bits per heavy atom. The SMILES string of the molecule is O=C(O)C[C@H]1CN(C(=O)c2cccc3c2OCO3)CCO1. The minimum atomic E-state index is -0.938. The summed E-state index contributed by atoms with van der Waals surface area (Å²) in [6.45, 7) is 1.12. The molecular formula is C14H15NO6. The maximum absolute atomic E-state index is 12.6. The number of rotatable bonds is 3. The number of ether oxygens (including phenoxy) is 3. The normalized spacial score (nSPS) is 20.4. The van der Waals surface area contributed by atoms with Crippen LogP contribution in [0.15, 0.2) is 18.2 Å². The van der Waals surface area contributed by atoms with E-state index in [1.807, 2.05) is 0 Å². The molecule has 1 aromatic rings. The first kappa shape index (κ1) is 13.7. The van der Waals surface area contributed by atoms with Crippen LogP contribution in [0.25, 0.3) is 0 Å². The number of fused-ring (bicyclic) bond motifs is 1. The second-order valence-corrected chi connectivity index (χ2v) is 4.88. The fourth-order valence-electron chi connectivity index (χ4n) is 2.49. The van der Waals surface area contributed by atoms with E-state index in [4.69, 9.17) is 19.3 Å². The molecule has 0 spiro atoms. The van der Waals surface area contributed by atoms with E-state index >= 15 is 0 Å². The molecule has 1 N–H and O–H groups in total. The zero-order valence-corrected chi connectivity index (χ0v) is 11.3. The third-order valence-corrected chi connectivity index (χ3v) is 3.46. The number of nitrogens with zero attached hydrogens (tertiary/aromatic N) is 1. The zero-order chi connectivity index (χ0) is 14.8. The van der Waals surface area contributed by atoms with E-state index < -0.39 is 12.1 Å². The van der Waals surface area contributed by atoms with Gasteiger partial charge in [-0.1, -0.05) is 6.07 Å². The zero-order valence-electron chi connectivity index (χ0n) is 11.3. The monoisotopic (exact) mass is 293 g/mol. The van der Waals surface area contributed by atoms with Crippen molar-refractivity contribution in [2.75, 3.05) is 26.5 Å². The number of carboxylic acid groups (broad SMARTS) is 1. The first-order valence-corrected chi connectivity index (χ1v) is 6.66. The number of aliphatic carboxylic acids is 1. The third kappa shape index (κ3) is 2.78. The lowest BCUT2D eigenvalue weighted by molar-refractivity contribution is -0.141. The highest BCUT2D eigenvalue weighted by atomic mass is 16.7. The summed E-state index contributed by atoms with van der Waals surface area (Å²) in [6.07, 6.45) is -0.592. The topological polar surface area (TPSA) is 85.3 Å². The lowest BCUT2D eigenvalue weighted by Gasteiger charge is -2.32. The number of morpholine rings is 1. The molecule has 0 aromatic heterocycles. The van der Waals surface area contributed by atoms with E-state index in [0.717, 1.165) is 0 Å². The van der Waals surface area contributed by atoms with E-state index in [9.17, 15) is 9.59 Å². The van der Waals surface area contributed by atoms with Crippen LogP contribution in [0, 0.1) is 0 Å². The summed E-state index contributed by atoms with van der Waals surface area (Å²) in [4.78, 5) is 24.9. The van der Waals surface area contributed by atoms with E-state index in [0.29, 0.717) is 30.2 Å². The molecule has 7 nitrogen and oxygen atoms in total. The van der Waals surface area contributed by atoms with Crippen LogP contribution in [-0.2, 0) is 9.53 Å². The summed E-state index contributed by atoms with van der Waals surface area (Å²) < 4.78 is 16.0. The van der Waals surface area contributed by atoms with Crippen molar-refractivity contribution in [1.29, 1.82) is 0 Å². The molecule has 0 saturated carbocycles. The van der Waals surface area contributed by atoms with Gasteiger partial charge in [-0.3, -0.25) is 9.59 Å². The second kappa shape index (κ2) is 5.61. The van der Waals surface area contributed by atoms with Crippen LogP contribution in [-0.4, -0.2) is 54.5 Å². The van der Waals surface area contributed by atoms with Crippen LogP contribution in [0.3, 0.4) is 0 Å². The summed E-state index contributed by atoms with van der Waals surface area (Å²) in [7, 11) is 0. The van der Waals surface area contributed by atoms with Crippen LogP contribution in [0.5, 0.6) is 11.5 Å². The summed E-state index contributed by atoms with van der Waals surface area (Å²) in [6, 6.07) is 5.15. The van der Waals surface area contributed by atoms with E-state index in [2.05, 4.69) is 0 Å². The quantitative estimate of drug-likeness (QED) is 0.884. The fourth-order valence-corrected chi connectivity index (χ4v) is 2.49. The summed E-state index contributed by atoms with van der Waals surface area (Å²) in [5.74, 6) is -0.136. The van der Waals surface area contributed by atoms with Crippen molar-refractivity contribution in [3.63, 3.8) is 0 Å². The van der Waals surface area contributed by atoms with Crippen molar-refractivity contribution in [2.45, 2.75) is 12.5 Å². The summed E-state index contributed by atoms with van der Waals surface area (Å²) >= 11 is 0. The van der Waals surface area contributed by atoms with Crippen molar-refractivity contribution < 1.29 is 28.9 Å². The fraction of sp³-hybridized carbons (Fsp3) is 0.429. The molecule has 1 amide bonds. The number of carbonyl (C=O) groups is 2. The van der Waals surface area contributed by atoms with Crippen molar-refractivity contribution in [3.8, 4) is 11.5 Å².